The van der Waals surface area contributed by atoms with E-state index >= 15 is 0 Å². The van der Waals surface area contributed by atoms with Gasteiger partial charge in [0.15, 0.2) is 0 Å². The number of benzene rings is 11. The normalized spacial score (nSPS) is 11.9. The fraction of sp³-hybridized carbons (Fsp3) is 0. The molecule has 282 valence electrons. The van der Waals surface area contributed by atoms with Crippen LogP contribution in [0.15, 0.2) is 206 Å². The van der Waals surface area contributed by atoms with Crippen molar-refractivity contribution < 1.29 is 0 Å². The molecule has 2 aromatic heterocycles. The molecule has 2 heterocycles. The van der Waals surface area contributed by atoms with Gasteiger partial charge in [-0.2, -0.15) is 0 Å². The molecule has 13 aromatic rings. The number of hydrogen-bond acceptors (Lipinski definition) is 3. The van der Waals surface area contributed by atoms with Gasteiger partial charge in [-0.15, -0.1) is 11.3 Å². The molecule has 0 N–H and O–H groups in total. The number of thiophene rings is 1. The van der Waals surface area contributed by atoms with Crippen molar-refractivity contribution in [3.63, 3.8) is 0 Å². The second kappa shape index (κ2) is 13.4. The van der Waals surface area contributed by atoms with Crippen LogP contribution in [-0.4, -0.2) is 9.97 Å². The molecule has 3 heteroatoms. The van der Waals surface area contributed by atoms with Crippen LogP contribution < -0.4 is 0 Å². The highest BCUT2D eigenvalue weighted by Crippen LogP contribution is 2.44. The van der Waals surface area contributed by atoms with Crippen LogP contribution in [0.25, 0.3) is 130 Å². The van der Waals surface area contributed by atoms with E-state index in [1.54, 1.807) is 0 Å². The van der Waals surface area contributed by atoms with Crippen molar-refractivity contribution in [1.82, 2.24) is 9.97 Å². The molecule has 2 nitrogen and oxygen atoms in total. The maximum atomic E-state index is 5.38. The zero-order valence-corrected chi connectivity index (χ0v) is 33.7. The zero-order chi connectivity index (χ0) is 40.0. The average molecular weight is 791 g/mol. The third-order valence-electron chi connectivity index (χ3n) is 12.7. The Kier molecular flexibility index (Phi) is 7.51. The first-order valence-corrected chi connectivity index (χ1v) is 21.6. The summed E-state index contributed by atoms with van der Waals surface area (Å²) in [5.41, 5.74) is 11.2. The summed E-state index contributed by atoms with van der Waals surface area (Å²) >= 11 is 1.86. The van der Waals surface area contributed by atoms with Gasteiger partial charge in [-0.3, -0.25) is 4.98 Å². The quantitative estimate of drug-likeness (QED) is 0.166. The predicted molar refractivity (Wildman–Crippen MR) is 262 cm³/mol. The van der Waals surface area contributed by atoms with Crippen LogP contribution in [0.3, 0.4) is 0 Å². The van der Waals surface area contributed by atoms with E-state index < -0.39 is 0 Å². The number of fused-ring (bicyclic) bond motifs is 12. The molecule has 0 unspecified atom stereocenters. The molecule has 61 heavy (non-hydrogen) atoms. The molecule has 13 rings (SSSR count). The standard InChI is InChI=1S/C58H34N2S/c1-3-16-51-47(13-1)48-14-2-4-17-52(48)58-57(51)59-34-54(60-58)49-29-12-27-45-44(26-11-28-46(45)49)43-25-10-23-41-40(22-9-24-42(41)43)39-21-8-19-37-36(18-7-20-38(37)39)35-31-32-56-53(33-35)50-15-5-6-30-55(50)61-56/h1-34H. The van der Waals surface area contributed by atoms with Gasteiger partial charge in [-0.1, -0.05) is 182 Å². The van der Waals surface area contributed by atoms with Crippen molar-refractivity contribution in [2.45, 2.75) is 0 Å². The lowest BCUT2D eigenvalue weighted by molar-refractivity contribution is 1.31. The first kappa shape index (κ1) is 34.2. The first-order valence-electron chi connectivity index (χ1n) is 20.8. The van der Waals surface area contributed by atoms with Crippen molar-refractivity contribution >= 4 is 96.4 Å². The van der Waals surface area contributed by atoms with Crippen LogP contribution in [-0.2, 0) is 0 Å². The van der Waals surface area contributed by atoms with Gasteiger partial charge < -0.3 is 0 Å². The Morgan fingerprint density at radius 3 is 1.26 bits per heavy atom. The smallest absolute Gasteiger partial charge is 0.0979 e. The van der Waals surface area contributed by atoms with Crippen molar-refractivity contribution in [2.75, 3.05) is 0 Å². The summed E-state index contributed by atoms with van der Waals surface area (Å²) < 4.78 is 2.65. The molecule has 0 radical (unpaired) electrons. The van der Waals surface area contributed by atoms with E-state index in [4.69, 9.17) is 9.97 Å². The Balaban J connectivity index is 0.953. The zero-order valence-electron chi connectivity index (χ0n) is 32.9. The van der Waals surface area contributed by atoms with Crippen molar-refractivity contribution in [3.8, 4) is 44.6 Å². The van der Waals surface area contributed by atoms with Crippen LogP contribution >= 0.6 is 11.3 Å². The number of nitrogens with zero attached hydrogens (tertiary/aromatic N) is 2. The Bertz CT molecular complexity index is 3920. The highest BCUT2D eigenvalue weighted by molar-refractivity contribution is 7.25. The second-order valence-electron chi connectivity index (χ2n) is 16.0. The molecular weight excluding hydrogens is 757 g/mol. The van der Waals surface area contributed by atoms with E-state index in [1.807, 2.05) is 17.5 Å². The van der Waals surface area contributed by atoms with Crippen molar-refractivity contribution in [2.24, 2.45) is 0 Å². The fourth-order valence-electron chi connectivity index (χ4n) is 9.99. The summed E-state index contributed by atoms with van der Waals surface area (Å²) in [5.74, 6) is 0. The van der Waals surface area contributed by atoms with E-state index in [-0.39, 0.29) is 0 Å². The molecule has 0 aliphatic heterocycles. The van der Waals surface area contributed by atoms with Gasteiger partial charge in [0.25, 0.3) is 0 Å². The van der Waals surface area contributed by atoms with Gasteiger partial charge in [-0.25, -0.2) is 4.98 Å². The molecule has 0 aliphatic rings. The Labute approximate surface area is 355 Å². The maximum Gasteiger partial charge on any atom is 0.0979 e. The van der Waals surface area contributed by atoms with Crippen LogP contribution in [0.5, 0.6) is 0 Å². The van der Waals surface area contributed by atoms with Gasteiger partial charge in [0, 0.05) is 36.5 Å². The largest absolute Gasteiger partial charge is 0.252 e. The van der Waals surface area contributed by atoms with E-state index in [0.29, 0.717) is 0 Å². The van der Waals surface area contributed by atoms with Gasteiger partial charge in [0.1, 0.15) is 0 Å². The van der Waals surface area contributed by atoms with Crippen LogP contribution in [0.4, 0.5) is 0 Å². The lowest BCUT2D eigenvalue weighted by Crippen LogP contribution is -1.93. The van der Waals surface area contributed by atoms with Gasteiger partial charge >= 0.3 is 0 Å². The highest BCUT2D eigenvalue weighted by atomic mass is 32.1. The molecule has 0 atom stereocenters. The van der Waals surface area contributed by atoms with Gasteiger partial charge in [-0.05, 0) is 94.7 Å². The Morgan fingerprint density at radius 2 is 0.689 bits per heavy atom. The van der Waals surface area contributed by atoms with Crippen LogP contribution in [0.2, 0.25) is 0 Å². The molecular formula is C58H34N2S. The van der Waals surface area contributed by atoms with E-state index in [0.717, 1.165) is 38.4 Å². The Hall–Kier alpha value is -7.72. The summed E-state index contributed by atoms with van der Waals surface area (Å²) in [6.45, 7) is 0. The summed E-state index contributed by atoms with van der Waals surface area (Å²) in [4.78, 5) is 10.5. The minimum Gasteiger partial charge on any atom is -0.252 e. The molecule has 0 aliphatic carbocycles. The first-order chi connectivity index (χ1) is 30.3. The molecule has 0 saturated heterocycles. The number of hydrogen-bond donors (Lipinski definition) is 0. The maximum absolute atomic E-state index is 5.38. The van der Waals surface area contributed by atoms with Gasteiger partial charge in [0.2, 0.25) is 0 Å². The molecule has 0 spiro atoms. The van der Waals surface area contributed by atoms with E-state index in [9.17, 15) is 0 Å². The minimum absolute atomic E-state index is 0.870. The average Bonchev–Trinajstić information content (AvgIpc) is 3.71. The molecule has 0 bridgehead atoms. The summed E-state index contributed by atoms with van der Waals surface area (Å²) in [7, 11) is 0. The number of aromatic nitrogens is 2. The molecule has 0 amide bonds. The summed E-state index contributed by atoms with van der Waals surface area (Å²) in [6.07, 6.45) is 1.95. The third-order valence-corrected chi connectivity index (χ3v) is 13.9. The van der Waals surface area contributed by atoms with Crippen LogP contribution in [0, 0.1) is 0 Å². The van der Waals surface area contributed by atoms with E-state index in [2.05, 4.69) is 200 Å². The monoisotopic (exact) mass is 790 g/mol. The SMILES string of the molecule is c1ccc2c(c1)sc1ccc(-c3cccc4c(-c5cccc6c(-c7cccc8c(-c9cnc%10c%11ccccc%11c%11ccccc%11c%10n9)cccc78)cccc56)cccc34)cc12. The highest BCUT2D eigenvalue weighted by Gasteiger charge is 2.17. The summed E-state index contributed by atoms with van der Waals surface area (Å²) in [5, 5.41) is 14.6. The fourth-order valence-corrected chi connectivity index (χ4v) is 11.1. The predicted octanol–water partition coefficient (Wildman–Crippen LogP) is 16.4. The third kappa shape index (κ3) is 5.21. The Morgan fingerprint density at radius 1 is 0.279 bits per heavy atom. The second-order valence-corrected chi connectivity index (χ2v) is 17.1. The lowest BCUT2D eigenvalue weighted by Gasteiger charge is -2.16. The minimum atomic E-state index is 0.870. The lowest BCUT2D eigenvalue weighted by atomic mass is 9.88. The summed E-state index contributed by atoms with van der Waals surface area (Å²) in [6, 6.07) is 73.1. The van der Waals surface area contributed by atoms with Crippen molar-refractivity contribution in [3.05, 3.63) is 206 Å². The van der Waals surface area contributed by atoms with Gasteiger partial charge in [0.05, 0.1) is 22.9 Å². The topological polar surface area (TPSA) is 25.8 Å². The number of rotatable bonds is 4. The van der Waals surface area contributed by atoms with Crippen molar-refractivity contribution in [1.29, 1.82) is 0 Å². The molecule has 11 aromatic carbocycles. The molecule has 0 fully saturated rings. The molecule has 0 saturated carbocycles. The van der Waals surface area contributed by atoms with Crippen LogP contribution in [0.1, 0.15) is 0 Å². The van der Waals surface area contributed by atoms with E-state index in [1.165, 1.54) is 91.3 Å².